The van der Waals surface area contributed by atoms with Gasteiger partial charge in [-0.2, -0.15) is 0 Å². The van der Waals surface area contributed by atoms with Crippen LogP contribution in [0.3, 0.4) is 0 Å². The standard InChI is InChI=1S/C13H15NO4S/c1-9(15)8-19(17,18)12-3-4-13-11(7-12)5-6-14(13)10(2)16/h3-4,7H,5-6,8H2,1-2H3. The van der Waals surface area contributed by atoms with Crippen LogP contribution in [0, 0.1) is 0 Å². The molecule has 0 spiro atoms. The van der Waals surface area contributed by atoms with Crippen molar-refractivity contribution in [1.82, 2.24) is 0 Å². The monoisotopic (exact) mass is 281 g/mol. The number of nitrogens with zero attached hydrogens (tertiary/aromatic N) is 1. The Balaban J connectivity index is 2.39. The third kappa shape index (κ3) is 2.68. The molecular formula is C13H15NO4S. The van der Waals surface area contributed by atoms with Crippen LogP contribution in [0.2, 0.25) is 0 Å². The van der Waals surface area contributed by atoms with E-state index in [9.17, 15) is 18.0 Å². The minimum atomic E-state index is -3.57. The van der Waals surface area contributed by atoms with Crippen molar-refractivity contribution in [2.24, 2.45) is 0 Å². The molecule has 5 nitrogen and oxygen atoms in total. The van der Waals surface area contributed by atoms with Gasteiger partial charge in [0, 0.05) is 19.2 Å². The summed E-state index contributed by atoms with van der Waals surface area (Å²) in [6, 6.07) is 4.66. The van der Waals surface area contributed by atoms with E-state index >= 15 is 0 Å². The summed E-state index contributed by atoms with van der Waals surface area (Å²) in [6.45, 7) is 3.30. The van der Waals surface area contributed by atoms with Crippen molar-refractivity contribution in [2.45, 2.75) is 25.2 Å². The molecule has 1 amide bonds. The smallest absolute Gasteiger partial charge is 0.223 e. The summed E-state index contributed by atoms with van der Waals surface area (Å²) in [5.74, 6) is -0.925. The van der Waals surface area contributed by atoms with Crippen LogP contribution in [0.1, 0.15) is 19.4 Å². The number of ketones is 1. The first-order valence-electron chi connectivity index (χ1n) is 5.94. The van der Waals surface area contributed by atoms with Crippen molar-refractivity contribution in [3.63, 3.8) is 0 Å². The molecule has 1 heterocycles. The lowest BCUT2D eigenvalue weighted by atomic mass is 10.2. The fourth-order valence-electron chi connectivity index (χ4n) is 2.25. The van der Waals surface area contributed by atoms with Crippen molar-refractivity contribution >= 4 is 27.2 Å². The van der Waals surface area contributed by atoms with Crippen LogP contribution in [0.5, 0.6) is 0 Å². The highest BCUT2D eigenvalue weighted by Crippen LogP contribution is 2.30. The highest BCUT2D eigenvalue weighted by Gasteiger charge is 2.25. The number of sulfone groups is 1. The lowest BCUT2D eigenvalue weighted by molar-refractivity contribution is -0.116. The zero-order chi connectivity index (χ0) is 14.2. The third-order valence-corrected chi connectivity index (χ3v) is 4.84. The quantitative estimate of drug-likeness (QED) is 0.827. The Morgan fingerprint density at radius 3 is 2.53 bits per heavy atom. The first kappa shape index (κ1) is 13.7. The van der Waals surface area contributed by atoms with E-state index in [2.05, 4.69) is 0 Å². The minimum absolute atomic E-state index is 0.0573. The lowest BCUT2D eigenvalue weighted by Gasteiger charge is -2.14. The van der Waals surface area contributed by atoms with Crippen molar-refractivity contribution in [2.75, 3.05) is 17.2 Å². The second-order valence-corrected chi connectivity index (χ2v) is 6.66. The van der Waals surface area contributed by atoms with Gasteiger partial charge < -0.3 is 4.90 Å². The second-order valence-electron chi connectivity index (χ2n) is 4.67. The number of carbonyl (C=O) groups excluding carboxylic acids is 2. The molecule has 6 heteroatoms. The summed E-state index contributed by atoms with van der Waals surface area (Å²) in [7, 11) is -3.57. The molecule has 0 aromatic heterocycles. The number of Topliss-reactive ketones (excluding diaryl/α,β-unsaturated/α-hetero) is 1. The normalized spacial score (nSPS) is 14.3. The van der Waals surface area contributed by atoms with Crippen molar-refractivity contribution in [3.05, 3.63) is 23.8 Å². The van der Waals surface area contributed by atoms with Crippen LogP contribution in [0.15, 0.2) is 23.1 Å². The average Bonchev–Trinajstić information content (AvgIpc) is 2.69. The number of amides is 1. The SMILES string of the molecule is CC(=O)CS(=O)(=O)c1ccc2c(c1)CCN2C(C)=O. The van der Waals surface area contributed by atoms with Crippen LogP contribution in [0.25, 0.3) is 0 Å². The van der Waals surface area contributed by atoms with E-state index in [0.717, 1.165) is 11.3 Å². The fourth-order valence-corrected chi connectivity index (χ4v) is 3.55. The first-order valence-corrected chi connectivity index (χ1v) is 7.60. The Kier molecular flexibility index (Phi) is 3.45. The molecule has 1 aromatic carbocycles. The Bertz CT molecular complexity index is 649. The van der Waals surface area contributed by atoms with Crippen LogP contribution in [0.4, 0.5) is 5.69 Å². The van der Waals surface area contributed by atoms with Gasteiger partial charge in [0.1, 0.15) is 11.5 Å². The Hall–Kier alpha value is -1.69. The summed E-state index contributed by atoms with van der Waals surface area (Å²) in [4.78, 5) is 24.1. The van der Waals surface area contributed by atoms with E-state index in [4.69, 9.17) is 0 Å². The maximum atomic E-state index is 12.0. The maximum absolute atomic E-state index is 12.0. The molecule has 0 unspecified atom stereocenters. The van der Waals surface area contributed by atoms with Gasteiger partial charge in [-0.25, -0.2) is 8.42 Å². The zero-order valence-electron chi connectivity index (χ0n) is 10.8. The summed E-state index contributed by atoms with van der Waals surface area (Å²) in [6.07, 6.45) is 0.637. The largest absolute Gasteiger partial charge is 0.312 e. The van der Waals surface area contributed by atoms with Gasteiger partial charge in [-0.15, -0.1) is 0 Å². The highest BCUT2D eigenvalue weighted by molar-refractivity contribution is 7.92. The van der Waals surface area contributed by atoms with Crippen LogP contribution >= 0.6 is 0 Å². The number of hydrogen-bond donors (Lipinski definition) is 0. The Labute approximate surface area is 112 Å². The summed E-state index contributed by atoms with van der Waals surface area (Å²) in [5.41, 5.74) is 1.59. The number of benzene rings is 1. The van der Waals surface area contributed by atoms with Crippen LogP contribution < -0.4 is 4.90 Å². The number of fused-ring (bicyclic) bond motifs is 1. The van der Waals surface area contributed by atoms with Gasteiger partial charge in [0.25, 0.3) is 0 Å². The molecule has 0 N–H and O–H groups in total. The van der Waals surface area contributed by atoms with Gasteiger partial charge in [0.05, 0.1) is 4.90 Å². The number of hydrogen-bond acceptors (Lipinski definition) is 4. The molecule has 0 aliphatic carbocycles. The molecule has 1 aromatic rings. The Morgan fingerprint density at radius 2 is 1.95 bits per heavy atom. The molecule has 0 saturated carbocycles. The van der Waals surface area contributed by atoms with Crippen LogP contribution in [-0.2, 0) is 25.8 Å². The maximum Gasteiger partial charge on any atom is 0.223 e. The first-order chi connectivity index (χ1) is 8.81. The molecule has 1 aliphatic rings. The highest BCUT2D eigenvalue weighted by atomic mass is 32.2. The van der Waals surface area contributed by atoms with Gasteiger partial charge in [-0.1, -0.05) is 0 Å². The van der Waals surface area contributed by atoms with Crippen molar-refractivity contribution in [3.8, 4) is 0 Å². The number of anilines is 1. The van der Waals surface area contributed by atoms with Gasteiger partial charge in [-0.05, 0) is 37.1 Å². The minimum Gasteiger partial charge on any atom is -0.312 e. The van der Waals surface area contributed by atoms with Crippen molar-refractivity contribution in [1.29, 1.82) is 0 Å². The second kappa shape index (κ2) is 4.77. The molecule has 1 aliphatic heterocycles. The molecule has 0 bridgehead atoms. The van der Waals surface area contributed by atoms with E-state index in [0.29, 0.717) is 13.0 Å². The number of rotatable bonds is 3. The molecule has 19 heavy (non-hydrogen) atoms. The van der Waals surface area contributed by atoms with E-state index in [1.54, 1.807) is 17.0 Å². The lowest BCUT2D eigenvalue weighted by Crippen LogP contribution is -2.25. The summed E-state index contributed by atoms with van der Waals surface area (Å²) >= 11 is 0. The van der Waals surface area contributed by atoms with Gasteiger partial charge in [-0.3, -0.25) is 9.59 Å². The Morgan fingerprint density at radius 1 is 1.26 bits per heavy atom. The van der Waals surface area contributed by atoms with E-state index in [1.165, 1.54) is 19.9 Å². The fraction of sp³-hybridized carbons (Fsp3) is 0.385. The van der Waals surface area contributed by atoms with Gasteiger partial charge in [0.15, 0.2) is 9.84 Å². The molecule has 102 valence electrons. The predicted molar refractivity (Wildman–Crippen MR) is 70.9 cm³/mol. The molecule has 0 radical (unpaired) electrons. The van der Waals surface area contributed by atoms with Crippen LogP contribution in [-0.4, -0.2) is 32.4 Å². The number of carbonyl (C=O) groups is 2. The van der Waals surface area contributed by atoms with Crippen molar-refractivity contribution < 1.29 is 18.0 Å². The topological polar surface area (TPSA) is 71.5 Å². The molecule has 2 rings (SSSR count). The predicted octanol–water partition coefficient (Wildman–Crippen LogP) is 0.958. The van der Waals surface area contributed by atoms with E-state index < -0.39 is 15.6 Å². The summed E-state index contributed by atoms with van der Waals surface area (Å²) < 4.78 is 23.9. The third-order valence-electron chi connectivity index (χ3n) is 3.08. The average molecular weight is 281 g/mol. The zero-order valence-corrected chi connectivity index (χ0v) is 11.7. The molecule has 0 atom stereocenters. The molecule has 0 fully saturated rings. The van der Waals surface area contributed by atoms with Gasteiger partial charge in [0.2, 0.25) is 5.91 Å². The summed E-state index contributed by atoms with van der Waals surface area (Å²) in [5, 5.41) is 0. The molecule has 0 saturated heterocycles. The van der Waals surface area contributed by atoms with Gasteiger partial charge >= 0.3 is 0 Å². The van der Waals surface area contributed by atoms with E-state index in [-0.39, 0.29) is 16.6 Å². The van der Waals surface area contributed by atoms with E-state index in [1.807, 2.05) is 0 Å². The molecular weight excluding hydrogens is 266 g/mol.